The zero-order valence-corrected chi connectivity index (χ0v) is 18.2. The maximum Gasteiger partial charge on any atom is 0.255 e. The molecule has 2 aliphatic rings. The monoisotopic (exact) mass is 441 g/mol. The second kappa shape index (κ2) is 7.91. The second-order valence-corrected chi connectivity index (χ2v) is 8.72. The topological polar surface area (TPSA) is 98.9 Å². The first-order valence-electron chi connectivity index (χ1n) is 11.2. The van der Waals surface area contributed by atoms with Crippen LogP contribution in [0.4, 0.5) is 0 Å². The minimum atomic E-state index is 0.0318. The van der Waals surface area contributed by atoms with E-state index >= 15 is 0 Å². The van der Waals surface area contributed by atoms with Crippen LogP contribution in [0.25, 0.3) is 16.9 Å². The molecule has 1 aromatic carbocycles. The number of hydrogen-bond donors (Lipinski definition) is 0. The van der Waals surface area contributed by atoms with Crippen LogP contribution in [0, 0.1) is 12.8 Å². The summed E-state index contributed by atoms with van der Waals surface area (Å²) in [7, 11) is 0. The maximum absolute atomic E-state index is 13.3. The van der Waals surface area contributed by atoms with Crippen molar-refractivity contribution in [2.45, 2.75) is 38.3 Å². The van der Waals surface area contributed by atoms with Crippen LogP contribution in [0.1, 0.15) is 35.3 Å². The number of pyridine rings is 1. The van der Waals surface area contributed by atoms with Crippen LogP contribution in [-0.4, -0.2) is 59.4 Å². The molecule has 2 saturated heterocycles. The fourth-order valence-electron chi connectivity index (χ4n) is 5.07. The third-order valence-corrected chi connectivity index (χ3v) is 6.61. The number of fused-ring (bicyclic) bond motifs is 3. The predicted octanol–water partition coefficient (Wildman–Crippen LogP) is 2.99. The van der Waals surface area contributed by atoms with Crippen LogP contribution in [0.3, 0.4) is 0 Å². The van der Waals surface area contributed by atoms with E-state index in [1.165, 1.54) is 0 Å². The van der Waals surface area contributed by atoms with Crippen LogP contribution in [0.15, 0.2) is 55.0 Å². The van der Waals surface area contributed by atoms with Gasteiger partial charge in [0.25, 0.3) is 5.91 Å². The molecule has 9 heteroatoms. The number of carbonyl (C=O) groups is 1. The Labute approximate surface area is 190 Å². The molecule has 33 heavy (non-hydrogen) atoms. The van der Waals surface area contributed by atoms with E-state index < -0.39 is 0 Å². The van der Waals surface area contributed by atoms with Gasteiger partial charge in [-0.15, -0.1) is 5.10 Å². The molecule has 2 fully saturated rings. The van der Waals surface area contributed by atoms with Gasteiger partial charge < -0.3 is 9.64 Å². The summed E-state index contributed by atoms with van der Waals surface area (Å²) in [6.45, 7) is 2.40. The van der Waals surface area contributed by atoms with E-state index in [9.17, 15) is 4.79 Å². The van der Waals surface area contributed by atoms with Gasteiger partial charge in [0.15, 0.2) is 5.82 Å². The summed E-state index contributed by atoms with van der Waals surface area (Å²) < 4.78 is 7.61. The lowest BCUT2D eigenvalue weighted by Gasteiger charge is -2.24. The van der Waals surface area contributed by atoms with Gasteiger partial charge >= 0.3 is 0 Å². The number of amides is 1. The van der Waals surface area contributed by atoms with Crippen molar-refractivity contribution in [2.24, 2.45) is 5.92 Å². The standard InChI is InChI=1S/C24H23N7O2/c1-15-13-30(29-28-15)22-9-6-16(11-26-22)24(32)31-18-7-8-21(31)17(10-18)14-33-23-12-25-19-4-2-3-5-20(19)27-23/h2-6,9,11-13,17-18,21H,7-8,10,14H2,1H3. The molecule has 1 amide bonds. The molecule has 9 nitrogen and oxygen atoms in total. The van der Waals surface area contributed by atoms with E-state index in [1.807, 2.05) is 42.2 Å². The molecule has 0 N–H and O–H groups in total. The third kappa shape index (κ3) is 3.59. The Bertz CT molecular complexity index is 1320. The summed E-state index contributed by atoms with van der Waals surface area (Å²) in [6, 6.07) is 11.8. The molecule has 3 unspecified atom stereocenters. The number of benzene rings is 1. The molecule has 0 aliphatic carbocycles. The molecule has 3 atom stereocenters. The van der Waals surface area contributed by atoms with Gasteiger partial charge in [-0.2, -0.15) is 0 Å². The van der Waals surface area contributed by atoms with Gasteiger partial charge in [-0.3, -0.25) is 4.79 Å². The van der Waals surface area contributed by atoms with Gasteiger partial charge in [0, 0.05) is 24.2 Å². The zero-order chi connectivity index (χ0) is 22.4. The summed E-state index contributed by atoms with van der Waals surface area (Å²) in [5.41, 5.74) is 3.07. The number of rotatable bonds is 5. The van der Waals surface area contributed by atoms with E-state index in [0.29, 0.717) is 23.9 Å². The smallest absolute Gasteiger partial charge is 0.255 e. The molecule has 0 saturated carbocycles. The number of aromatic nitrogens is 6. The summed E-state index contributed by atoms with van der Waals surface area (Å²) in [4.78, 5) is 28.7. The lowest BCUT2D eigenvalue weighted by Crippen LogP contribution is -2.37. The van der Waals surface area contributed by atoms with E-state index in [0.717, 1.165) is 36.0 Å². The fourth-order valence-corrected chi connectivity index (χ4v) is 5.07. The molecule has 6 rings (SSSR count). The van der Waals surface area contributed by atoms with Crippen molar-refractivity contribution in [1.29, 1.82) is 0 Å². The molecule has 2 bridgehead atoms. The van der Waals surface area contributed by atoms with Crippen molar-refractivity contribution in [2.75, 3.05) is 6.61 Å². The summed E-state index contributed by atoms with van der Waals surface area (Å²) in [5.74, 6) is 1.48. The molecule has 3 aromatic heterocycles. The highest BCUT2D eigenvalue weighted by atomic mass is 16.5. The van der Waals surface area contributed by atoms with Crippen molar-refractivity contribution in [3.8, 4) is 11.7 Å². The van der Waals surface area contributed by atoms with Crippen molar-refractivity contribution in [3.05, 3.63) is 66.2 Å². The maximum atomic E-state index is 13.3. The molecule has 0 radical (unpaired) electrons. The minimum absolute atomic E-state index is 0.0318. The Morgan fingerprint density at radius 1 is 1.09 bits per heavy atom. The van der Waals surface area contributed by atoms with Crippen LogP contribution in [0.5, 0.6) is 5.88 Å². The SMILES string of the molecule is Cc1cn(-c2ccc(C(=O)N3C4CCC3C(COc3cnc5ccccc5n3)C4)cn2)nn1. The molecular weight excluding hydrogens is 418 g/mol. The van der Waals surface area contributed by atoms with E-state index in [4.69, 9.17) is 4.74 Å². The van der Waals surface area contributed by atoms with Crippen LogP contribution < -0.4 is 4.74 Å². The van der Waals surface area contributed by atoms with E-state index in [-0.39, 0.29) is 23.9 Å². The Morgan fingerprint density at radius 3 is 2.76 bits per heavy atom. The highest BCUT2D eigenvalue weighted by Gasteiger charge is 2.48. The van der Waals surface area contributed by atoms with Crippen LogP contribution in [-0.2, 0) is 0 Å². The van der Waals surface area contributed by atoms with E-state index in [1.54, 1.807) is 29.3 Å². The fraction of sp³-hybridized carbons (Fsp3) is 0.333. The van der Waals surface area contributed by atoms with Crippen molar-refractivity contribution in [1.82, 2.24) is 34.8 Å². The van der Waals surface area contributed by atoms with Crippen LogP contribution >= 0.6 is 0 Å². The molecule has 5 heterocycles. The lowest BCUT2D eigenvalue weighted by molar-refractivity contribution is 0.0709. The highest BCUT2D eigenvalue weighted by Crippen LogP contribution is 2.42. The molecule has 4 aromatic rings. The normalized spacial score (nSPS) is 21.6. The number of nitrogens with zero attached hydrogens (tertiary/aromatic N) is 7. The van der Waals surface area contributed by atoms with Gasteiger partial charge in [0.05, 0.1) is 41.3 Å². The number of para-hydroxylation sites is 2. The number of ether oxygens (including phenoxy) is 1. The summed E-state index contributed by atoms with van der Waals surface area (Å²) >= 11 is 0. The Balaban J connectivity index is 1.14. The molecule has 0 spiro atoms. The zero-order valence-electron chi connectivity index (χ0n) is 18.2. The van der Waals surface area contributed by atoms with Crippen molar-refractivity contribution in [3.63, 3.8) is 0 Å². The number of hydrogen-bond acceptors (Lipinski definition) is 7. The average Bonchev–Trinajstić information content (AvgIpc) is 3.57. The van der Waals surface area contributed by atoms with Gasteiger partial charge in [-0.25, -0.2) is 19.6 Å². The van der Waals surface area contributed by atoms with Crippen molar-refractivity contribution >= 4 is 16.9 Å². The first kappa shape index (κ1) is 19.8. The average molecular weight is 441 g/mol. The quantitative estimate of drug-likeness (QED) is 0.469. The largest absolute Gasteiger partial charge is 0.476 e. The van der Waals surface area contributed by atoms with Gasteiger partial charge in [-0.05, 0) is 50.5 Å². The van der Waals surface area contributed by atoms with E-state index in [2.05, 4.69) is 25.3 Å². The summed E-state index contributed by atoms with van der Waals surface area (Å²) in [6.07, 6.45) is 8.07. The first-order valence-corrected chi connectivity index (χ1v) is 11.2. The van der Waals surface area contributed by atoms with Crippen LogP contribution in [0.2, 0.25) is 0 Å². The Morgan fingerprint density at radius 2 is 1.97 bits per heavy atom. The Hall–Kier alpha value is -3.88. The van der Waals surface area contributed by atoms with Gasteiger partial charge in [-0.1, -0.05) is 17.3 Å². The van der Waals surface area contributed by atoms with Crippen molar-refractivity contribution < 1.29 is 9.53 Å². The first-order chi connectivity index (χ1) is 16.2. The number of carbonyl (C=O) groups excluding carboxylic acids is 1. The Kier molecular flexibility index (Phi) is 4.74. The summed E-state index contributed by atoms with van der Waals surface area (Å²) in [5, 5.41) is 8.01. The third-order valence-electron chi connectivity index (χ3n) is 6.61. The lowest BCUT2D eigenvalue weighted by atomic mass is 9.90. The number of aryl methyl sites for hydroxylation is 1. The van der Waals surface area contributed by atoms with Gasteiger partial charge in [0.1, 0.15) is 0 Å². The second-order valence-electron chi connectivity index (χ2n) is 8.72. The molecular formula is C24H23N7O2. The molecule has 2 aliphatic heterocycles. The minimum Gasteiger partial charge on any atom is -0.476 e. The molecule has 166 valence electrons. The predicted molar refractivity (Wildman–Crippen MR) is 120 cm³/mol. The van der Waals surface area contributed by atoms with Gasteiger partial charge in [0.2, 0.25) is 5.88 Å². The highest BCUT2D eigenvalue weighted by molar-refractivity contribution is 5.95.